The van der Waals surface area contributed by atoms with Gasteiger partial charge in [-0.15, -0.1) is 0 Å². The number of rotatable bonds is 6. The van der Waals surface area contributed by atoms with Crippen molar-refractivity contribution >= 4 is 22.1 Å². The average Bonchev–Trinajstić information content (AvgIpc) is 3.37. The number of nitrogens with zero attached hydrogens (tertiary/aromatic N) is 4. The summed E-state index contributed by atoms with van der Waals surface area (Å²) < 4.78 is 26.7. The smallest absolute Gasteiger partial charge is 0.276 e. The van der Waals surface area contributed by atoms with E-state index in [1.807, 2.05) is 41.9 Å². The van der Waals surface area contributed by atoms with Crippen LogP contribution in [0, 0.1) is 6.92 Å². The van der Waals surface area contributed by atoms with E-state index >= 15 is 0 Å². The van der Waals surface area contributed by atoms with Crippen LogP contribution < -0.4 is 9.73 Å². The molecule has 7 nitrogen and oxygen atoms in total. The zero-order valence-corrected chi connectivity index (χ0v) is 17.0. The Kier molecular flexibility index (Phi) is 5.35. The quantitative estimate of drug-likeness (QED) is 0.501. The Morgan fingerprint density at radius 2 is 1.62 bits per heavy atom. The van der Waals surface area contributed by atoms with Crippen molar-refractivity contribution in [3.8, 4) is 5.69 Å². The van der Waals surface area contributed by atoms with E-state index in [-0.39, 0.29) is 4.90 Å². The summed E-state index contributed by atoms with van der Waals surface area (Å²) in [6.07, 6.45) is 3.79. The molecular weight excluding hydrogens is 386 g/mol. The van der Waals surface area contributed by atoms with Crippen molar-refractivity contribution in [2.24, 2.45) is 5.10 Å². The maximum Gasteiger partial charge on any atom is 0.276 e. The van der Waals surface area contributed by atoms with Crippen LogP contribution in [0.2, 0.25) is 0 Å². The molecule has 4 rings (SSSR count). The Balaban J connectivity index is 1.68. The van der Waals surface area contributed by atoms with Gasteiger partial charge in [-0.3, -0.25) is 0 Å². The standard InChI is InChI=1S/C21H23N5O2S/c1-17-20(16-22-24-29(27,28)19-12-6-3-7-13-19)21(25-14-8-9-15-25)26(23-17)18-10-4-2-5-11-18/h2-7,10-13,16,24H,8-9,14-15H2,1H3/b22-16-. The minimum absolute atomic E-state index is 0.175. The van der Waals surface area contributed by atoms with Crippen LogP contribution in [0.1, 0.15) is 24.1 Å². The van der Waals surface area contributed by atoms with E-state index in [2.05, 4.69) is 14.8 Å². The molecule has 0 radical (unpaired) electrons. The molecule has 0 spiro atoms. The highest BCUT2D eigenvalue weighted by molar-refractivity contribution is 7.89. The number of benzene rings is 2. The normalized spacial score (nSPS) is 14.6. The first kappa shape index (κ1) is 19.2. The lowest BCUT2D eigenvalue weighted by Crippen LogP contribution is -2.23. The van der Waals surface area contributed by atoms with E-state index in [0.717, 1.165) is 48.7 Å². The molecule has 8 heteroatoms. The van der Waals surface area contributed by atoms with Gasteiger partial charge in [0.15, 0.2) is 0 Å². The van der Waals surface area contributed by atoms with Crippen molar-refractivity contribution in [3.05, 3.63) is 71.9 Å². The lowest BCUT2D eigenvalue weighted by atomic mass is 10.2. The topological polar surface area (TPSA) is 79.6 Å². The van der Waals surface area contributed by atoms with E-state index in [4.69, 9.17) is 5.10 Å². The van der Waals surface area contributed by atoms with Crippen LogP contribution in [0.4, 0.5) is 5.82 Å². The second-order valence-corrected chi connectivity index (χ2v) is 8.59. The molecule has 1 aliphatic heterocycles. The summed E-state index contributed by atoms with van der Waals surface area (Å²) in [5, 5.41) is 8.75. The first-order valence-electron chi connectivity index (χ1n) is 9.56. The van der Waals surface area contributed by atoms with Gasteiger partial charge in [-0.05, 0) is 44.0 Å². The number of hydrogen-bond acceptors (Lipinski definition) is 5. The molecule has 0 amide bonds. The molecule has 0 bridgehead atoms. The minimum atomic E-state index is -3.71. The van der Waals surface area contributed by atoms with Crippen LogP contribution in [0.5, 0.6) is 0 Å². The molecule has 1 aromatic heterocycles. The Bertz CT molecular complexity index is 1100. The van der Waals surface area contributed by atoms with Gasteiger partial charge in [0.1, 0.15) is 5.82 Å². The number of para-hydroxylation sites is 1. The summed E-state index contributed by atoms with van der Waals surface area (Å²) in [5.41, 5.74) is 2.56. The second-order valence-electron chi connectivity index (χ2n) is 6.93. The zero-order chi connectivity index (χ0) is 20.3. The van der Waals surface area contributed by atoms with Gasteiger partial charge in [-0.25, -0.2) is 9.51 Å². The highest BCUT2D eigenvalue weighted by atomic mass is 32.2. The summed E-state index contributed by atoms with van der Waals surface area (Å²) in [6, 6.07) is 18.1. The predicted molar refractivity (Wildman–Crippen MR) is 114 cm³/mol. The van der Waals surface area contributed by atoms with Gasteiger partial charge >= 0.3 is 0 Å². The van der Waals surface area contributed by atoms with Gasteiger partial charge in [0, 0.05) is 13.1 Å². The summed E-state index contributed by atoms with van der Waals surface area (Å²) in [7, 11) is -3.71. The maximum absolute atomic E-state index is 12.4. The molecule has 2 heterocycles. The number of anilines is 1. The Morgan fingerprint density at radius 1 is 1.00 bits per heavy atom. The summed E-state index contributed by atoms with van der Waals surface area (Å²) in [6.45, 7) is 3.79. The van der Waals surface area contributed by atoms with Crippen LogP contribution in [-0.2, 0) is 10.0 Å². The first-order chi connectivity index (χ1) is 14.1. The zero-order valence-electron chi connectivity index (χ0n) is 16.2. The number of hydrazone groups is 1. The molecule has 1 fully saturated rings. The fourth-order valence-corrected chi connectivity index (χ4v) is 4.29. The average molecular weight is 410 g/mol. The monoisotopic (exact) mass is 409 g/mol. The van der Waals surface area contributed by atoms with Gasteiger partial charge in [0.05, 0.1) is 28.1 Å². The number of aryl methyl sites for hydroxylation is 1. The molecule has 3 aromatic rings. The van der Waals surface area contributed by atoms with Crippen molar-refractivity contribution in [3.63, 3.8) is 0 Å². The highest BCUT2D eigenvalue weighted by Crippen LogP contribution is 2.29. The van der Waals surface area contributed by atoms with Gasteiger partial charge in [0.2, 0.25) is 0 Å². The molecule has 1 N–H and O–H groups in total. The molecule has 1 aliphatic rings. The maximum atomic E-state index is 12.4. The van der Waals surface area contributed by atoms with Crippen molar-refractivity contribution in [2.75, 3.05) is 18.0 Å². The third-order valence-corrected chi connectivity index (χ3v) is 6.15. The SMILES string of the molecule is Cc1nn(-c2ccccc2)c(N2CCCC2)c1/C=N\NS(=O)(=O)c1ccccc1. The fraction of sp³-hybridized carbons (Fsp3) is 0.238. The van der Waals surface area contributed by atoms with Crippen molar-refractivity contribution in [2.45, 2.75) is 24.7 Å². The molecule has 29 heavy (non-hydrogen) atoms. The van der Waals surface area contributed by atoms with E-state index in [1.165, 1.54) is 12.1 Å². The van der Waals surface area contributed by atoms with E-state index in [0.29, 0.717) is 0 Å². The lowest BCUT2D eigenvalue weighted by molar-refractivity contribution is 0.584. The molecular formula is C21H23N5O2S. The van der Waals surface area contributed by atoms with Crippen LogP contribution >= 0.6 is 0 Å². The Labute approximate surface area is 170 Å². The third kappa shape index (κ3) is 4.02. The Morgan fingerprint density at radius 3 is 2.28 bits per heavy atom. The summed E-state index contributed by atoms with van der Waals surface area (Å²) in [4.78, 5) is 4.76. The van der Waals surface area contributed by atoms with Gasteiger partial charge in [-0.1, -0.05) is 36.4 Å². The highest BCUT2D eigenvalue weighted by Gasteiger charge is 2.23. The summed E-state index contributed by atoms with van der Waals surface area (Å²) >= 11 is 0. The van der Waals surface area contributed by atoms with Crippen LogP contribution in [0.25, 0.3) is 5.69 Å². The van der Waals surface area contributed by atoms with Gasteiger partial charge in [-0.2, -0.15) is 18.6 Å². The second kappa shape index (κ2) is 8.08. The number of aromatic nitrogens is 2. The summed E-state index contributed by atoms with van der Waals surface area (Å²) in [5.74, 6) is 0.939. The van der Waals surface area contributed by atoms with Crippen LogP contribution in [0.15, 0.2) is 70.7 Å². The molecule has 2 aromatic carbocycles. The van der Waals surface area contributed by atoms with Crippen molar-refractivity contribution in [1.82, 2.24) is 14.6 Å². The van der Waals surface area contributed by atoms with Crippen molar-refractivity contribution < 1.29 is 8.42 Å². The number of nitrogens with one attached hydrogen (secondary N) is 1. The van der Waals surface area contributed by atoms with Crippen molar-refractivity contribution in [1.29, 1.82) is 0 Å². The fourth-order valence-electron chi connectivity index (χ4n) is 3.47. The molecule has 0 aliphatic carbocycles. The van der Waals surface area contributed by atoms with E-state index in [9.17, 15) is 8.42 Å². The van der Waals surface area contributed by atoms with E-state index in [1.54, 1.807) is 24.4 Å². The number of sulfonamides is 1. The largest absolute Gasteiger partial charge is 0.356 e. The van der Waals surface area contributed by atoms with E-state index < -0.39 is 10.0 Å². The molecule has 150 valence electrons. The first-order valence-corrected chi connectivity index (χ1v) is 11.0. The van der Waals surface area contributed by atoms with Crippen LogP contribution in [0.3, 0.4) is 0 Å². The molecule has 0 atom stereocenters. The van der Waals surface area contributed by atoms with Crippen LogP contribution in [-0.4, -0.2) is 37.5 Å². The van der Waals surface area contributed by atoms with Gasteiger partial charge < -0.3 is 4.90 Å². The predicted octanol–water partition coefficient (Wildman–Crippen LogP) is 3.09. The molecule has 0 unspecified atom stereocenters. The molecule has 0 saturated carbocycles. The third-order valence-electron chi connectivity index (χ3n) is 4.91. The minimum Gasteiger partial charge on any atom is -0.356 e. The van der Waals surface area contributed by atoms with Gasteiger partial charge in [0.25, 0.3) is 10.0 Å². The number of hydrogen-bond donors (Lipinski definition) is 1. The molecule has 1 saturated heterocycles. The Hall–Kier alpha value is -3.13. The lowest BCUT2D eigenvalue weighted by Gasteiger charge is -2.20.